The first-order chi connectivity index (χ1) is 14.5. The molecule has 0 aliphatic carbocycles. The summed E-state index contributed by atoms with van der Waals surface area (Å²) >= 11 is 0. The standard InChI is InChI=1S/C19H18N6O5/c26-16(11-25-23-18(22-24-25)14-6-8-20-9-7-14)15(10-17(27)28)21-19(29)30-12-13-4-2-1-3-5-13/h1-9,15H,10-12H2,(H,21,29)(H,27,28). The number of ether oxygens (including phenoxy) is 1. The van der Waals surface area contributed by atoms with Gasteiger partial charge in [-0.15, -0.1) is 10.2 Å². The van der Waals surface area contributed by atoms with E-state index in [4.69, 9.17) is 9.84 Å². The smallest absolute Gasteiger partial charge is 0.408 e. The van der Waals surface area contributed by atoms with E-state index in [1.54, 1.807) is 48.8 Å². The van der Waals surface area contributed by atoms with Gasteiger partial charge in [0.15, 0.2) is 5.78 Å². The van der Waals surface area contributed by atoms with Gasteiger partial charge in [0.25, 0.3) is 0 Å². The molecular formula is C19H18N6O5. The maximum atomic E-state index is 12.5. The summed E-state index contributed by atoms with van der Waals surface area (Å²) in [4.78, 5) is 40.6. The number of benzene rings is 1. The second kappa shape index (κ2) is 9.87. The van der Waals surface area contributed by atoms with Gasteiger partial charge >= 0.3 is 12.1 Å². The highest BCUT2D eigenvalue weighted by Crippen LogP contribution is 2.11. The molecule has 1 aromatic carbocycles. The van der Waals surface area contributed by atoms with E-state index in [2.05, 4.69) is 25.7 Å². The number of carbonyl (C=O) groups is 3. The van der Waals surface area contributed by atoms with Gasteiger partial charge in [0, 0.05) is 18.0 Å². The highest BCUT2D eigenvalue weighted by atomic mass is 16.5. The fraction of sp³-hybridized carbons (Fsp3) is 0.211. The minimum atomic E-state index is -1.30. The van der Waals surface area contributed by atoms with Gasteiger partial charge in [-0.05, 0) is 22.9 Å². The predicted octanol–water partition coefficient (Wildman–Crippen LogP) is 1.07. The van der Waals surface area contributed by atoms with Crippen molar-refractivity contribution in [3.63, 3.8) is 0 Å². The van der Waals surface area contributed by atoms with Crippen LogP contribution in [0.4, 0.5) is 4.79 Å². The quantitative estimate of drug-likeness (QED) is 0.528. The molecule has 2 aromatic heterocycles. The molecule has 3 rings (SSSR count). The summed E-state index contributed by atoms with van der Waals surface area (Å²) in [5.41, 5.74) is 1.41. The fourth-order valence-corrected chi connectivity index (χ4v) is 2.50. The second-order valence-electron chi connectivity index (χ2n) is 6.20. The number of hydrogen-bond donors (Lipinski definition) is 2. The van der Waals surface area contributed by atoms with Crippen molar-refractivity contribution in [3.05, 3.63) is 60.4 Å². The van der Waals surface area contributed by atoms with Gasteiger partial charge in [-0.25, -0.2) is 4.79 Å². The number of ketones is 1. The lowest BCUT2D eigenvalue weighted by Crippen LogP contribution is -2.44. The Hall–Kier alpha value is -4.15. The molecular weight excluding hydrogens is 392 g/mol. The number of nitrogens with one attached hydrogen (secondary N) is 1. The lowest BCUT2D eigenvalue weighted by Gasteiger charge is -2.15. The maximum absolute atomic E-state index is 12.5. The Balaban J connectivity index is 1.60. The average Bonchev–Trinajstić information content (AvgIpc) is 3.21. The van der Waals surface area contributed by atoms with Crippen molar-refractivity contribution in [2.45, 2.75) is 25.6 Å². The molecule has 11 heteroatoms. The zero-order valence-electron chi connectivity index (χ0n) is 15.7. The highest BCUT2D eigenvalue weighted by Gasteiger charge is 2.25. The SMILES string of the molecule is O=C(O)CC(NC(=O)OCc1ccccc1)C(=O)Cn1nnc(-c2ccncc2)n1. The molecule has 3 aromatic rings. The molecule has 2 N–H and O–H groups in total. The molecule has 0 saturated carbocycles. The Labute approximate surface area is 170 Å². The van der Waals surface area contributed by atoms with Crippen LogP contribution in [0, 0.1) is 0 Å². The summed E-state index contributed by atoms with van der Waals surface area (Å²) in [5.74, 6) is -1.57. The highest BCUT2D eigenvalue weighted by molar-refractivity contribution is 5.90. The van der Waals surface area contributed by atoms with Gasteiger partial charge in [0.1, 0.15) is 19.2 Å². The van der Waals surface area contributed by atoms with Crippen molar-refractivity contribution in [3.8, 4) is 11.4 Å². The Morgan fingerprint density at radius 2 is 1.83 bits per heavy atom. The molecule has 0 radical (unpaired) electrons. The van der Waals surface area contributed by atoms with Crippen LogP contribution in [-0.4, -0.2) is 54.2 Å². The minimum absolute atomic E-state index is 0.0133. The van der Waals surface area contributed by atoms with Crippen LogP contribution in [-0.2, 0) is 27.5 Å². The molecule has 11 nitrogen and oxygen atoms in total. The molecule has 2 heterocycles. The molecule has 0 fully saturated rings. The Bertz CT molecular complexity index is 1010. The Morgan fingerprint density at radius 3 is 2.53 bits per heavy atom. The normalized spacial score (nSPS) is 11.5. The number of aromatic nitrogens is 5. The molecule has 1 amide bonds. The number of amides is 1. The minimum Gasteiger partial charge on any atom is -0.481 e. The van der Waals surface area contributed by atoms with E-state index in [9.17, 15) is 14.4 Å². The van der Waals surface area contributed by atoms with Crippen LogP contribution in [0.3, 0.4) is 0 Å². The number of Topliss-reactive ketones (excluding diaryl/α,β-unsaturated/α-hetero) is 1. The van der Waals surface area contributed by atoms with Crippen molar-refractivity contribution in [2.75, 3.05) is 0 Å². The average molecular weight is 410 g/mol. The van der Waals surface area contributed by atoms with Gasteiger partial charge in [-0.3, -0.25) is 14.6 Å². The first-order valence-electron chi connectivity index (χ1n) is 8.91. The molecule has 0 spiro atoms. The number of alkyl carbamates (subject to hydrolysis) is 1. The van der Waals surface area contributed by atoms with Gasteiger partial charge in [0.2, 0.25) is 5.82 Å². The number of pyridine rings is 1. The van der Waals surface area contributed by atoms with E-state index in [-0.39, 0.29) is 19.0 Å². The van der Waals surface area contributed by atoms with E-state index in [0.717, 1.165) is 10.4 Å². The number of hydrogen-bond acceptors (Lipinski definition) is 8. The number of carboxylic acids is 1. The van der Waals surface area contributed by atoms with E-state index in [1.165, 1.54) is 0 Å². The van der Waals surface area contributed by atoms with E-state index in [1.807, 2.05) is 6.07 Å². The van der Waals surface area contributed by atoms with Gasteiger partial charge < -0.3 is 15.2 Å². The summed E-state index contributed by atoms with van der Waals surface area (Å²) in [6, 6.07) is 11.0. The van der Waals surface area contributed by atoms with Crippen LogP contribution < -0.4 is 5.32 Å². The summed E-state index contributed by atoms with van der Waals surface area (Å²) in [7, 11) is 0. The van der Waals surface area contributed by atoms with Crippen LogP contribution in [0.1, 0.15) is 12.0 Å². The monoisotopic (exact) mass is 410 g/mol. The van der Waals surface area contributed by atoms with Crippen molar-refractivity contribution < 1.29 is 24.2 Å². The molecule has 0 bridgehead atoms. The molecule has 0 aliphatic rings. The van der Waals surface area contributed by atoms with Crippen LogP contribution in [0.15, 0.2) is 54.9 Å². The van der Waals surface area contributed by atoms with Crippen LogP contribution >= 0.6 is 0 Å². The van der Waals surface area contributed by atoms with E-state index < -0.39 is 30.3 Å². The number of rotatable bonds is 9. The molecule has 30 heavy (non-hydrogen) atoms. The molecule has 0 aliphatic heterocycles. The van der Waals surface area contributed by atoms with Crippen LogP contribution in [0.25, 0.3) is 11.4 Å². The number of carboxylic acid groups (broad SMARTS) is 1. The van der Waals surface area contributed by atoms with Crippen molar-refractivity contribution in [1.29, 1.82) is 0 Å². The van der Waals surface area contributed by atoms with Gasteiger partial charge in [-0.2, -0.15) is 4.80 Å². The Kier molecular flexibility index (Phi) is 6.77. The van der Waals surface area contributed by atoms with Crippen LogP contribution in [0.2, 0.25) is 0 Å². The van der Waals surface area contributed by atoms with E-state index >= 15 is 0 Å². The number of tetrazole rings is 1. The number of aliphatic carboxylic acids is 1. The summed E-state index contributed by atoms with van der Waals surface area (Å²) in [6.07, 6.45) is 1.62. The molecule has 1 atom stereocenters. The van der Waals surface area contributed by atoms with Crippen molar-refractivity contribution >= 4 is 17.8 Å². The van der Waals surface area contributed by atoms with E-state index in [0.29, 0.717) is 5.56 Å². The Morgan fingerprint density at radius 1 is 1.10 bits per heavy atom. The van der Waals surface area contributed by atoms with Crippen molar-refractivity contribution in [2.24, 2.45) is 0 Å². The summed E-state index contributed by atoms with van der Waals surface area (Å²) in [5, 5.41) is 23.1. The number of nitrogens with zero attached hydrogens (tertiary/aromatic N) is 5. The lowest BCUT2D eigenvalue weighted by atomic mass is 10.1. The third kappa shape index (κ3) is 5.92. The molecule has 0 saturated heterocycles. The predicted molar refractivity (Wildman–Crippen MR) is 102 cm³/mol. The largest absolute Gasteiger partial charge is 0.481 e. The fourth-order valence-electron chi connectivity index (χ4n) is 2.50. The first kappa shape index (κ1) is 20.6. The summed E-state index contributed by atoms with van der Waals surface area (Å²) < 4.78 is 5.05. The third-order valence-electron chi connectivity index (χ3n) is 3.96. The van der Waals surface area contributed by atoms with Crippen molar-refractivity contribution in [1.82, 2.24) is 30.5 Å². The lowest BCUT2D eigenvalue weighted by molar-refractivity contribution is -0.139. The summed E-state index contributed by atoms with van der Waals surface area (Å²) in [6.45, 7) is -0.379. The molecule has 1 unspecified atom stereocenters. The third-order valence-corrected chi connectivity index (χ3v) is 3.96. The topological polar surface area (TPSA) is 149 Å². The zero-order chi connectivity index (χ0) is 21.3. The zero-order valence-corrected chi connectivity index (χ0v) is 15.7. The van der Waals surface area contributed by atoms with Gasteiger partial charge in [0.05, 0.1) is 6.42 Å². The second-order valence-corrected chi connectivity index (χ2v) is 6.20. The maximum Gasteiger partial charge on any atom is 0.408 e. The first-order valence-corrected chi connectivity index (χ1v) is 8.91. The molecule has 154 valence electrons. The van der Waals surface area contributed by atoms with Gasteiger partial charge in [-0.1, -0.05) is 30.3 Å². The number of carbonyl (C=O) groups excluding carboxylic acids is 2. The van der Waals surface area contributed by atoms with Crippen LogP contribution in [0.5, 0.6) is 0 Å².